The van der Waals surface area contributed by atoms with Crippen LogP contribution in [0.25, 0.3) is 0 Å². The molecule has 0 atom stereocenters. The van der Waals surface area contributed by atoms with Crippen LogP contribution in [0.5, 0.6) is 0 Å². The number of alkyl halides is 3. The summed E-state index contributed by atoms with van der Waals surface area (Å²) < 4.78 is 37.9. The minimum absolute atomic E-state index is 0.0127. The molecule has 2 rings (SSSR count). The van der Waals surface area contributed by atoms with Gasteiger partial charge < -0.3 is 10.6 Å². The van der Waals surface area contributed by atoms with Crippen molar-refractivity contribution in [1.82, 2.24) is 15.5 Å². The van der Waals surface area contributed by atoms with E-state index in [0.717, 1.165) is 6.07 Å². The van der Waals surface area contributed by atoms with Gasteiger partial charge in [0.25, 0.3) is 5.91 Å². The van der Waals surface area contributed by atoms with Crippen LogP contribution in [0.1, 0.15) is 36.8 Å². The minimum Gasteiger partial charge on any atom is -0.351 e. The summed E-state index contributed by atoms with van der Waals surface area (Å²) in [5.74, 6) is -0.558. The van der Waals surface area contributed by atoms with Gasteiger partial charge in [0.2, 0.25) is 5.96 Å². The van der Waals surface area contributed by atoms with E-state index in [1.807, 2.05) is 20.8 Å². The van der Waals surface area contributed by atoms with Crippen LogP contribution in [-0.4, -0.2) is 27.6 Å². The summed E-state index contributed by atoms with van der Waals surface area (Å²) in [6.07, 6.45) is -4.56. The summed E-state index contributed by atoms with van der Waals surface area (Å²) in [5, 5.41) is 11.0. The van der Waals surface area contributed by atoms with E-state index in [1.54, 1.807) is 30.3 Å². The quantitative estimate of drug-likeness (QED) is 0.571. The number of aromatic amines is 1. The Kier molecular flexibility index (Phi) is 5.15. The highest BCUT2D eigenvalue weighted by molar-refractivity contribution is 6.06. The molecule has 0 aliphatic carbocycles. The lowest BCUT2D eigenvalue weighted by molar-refractivity contribution is -0.141. The van der Waals surface area contributed by atoms with Crippen LogP contribution in [-0.2, 0) is 6.18 Å². The van der Waals surface area contributed by atoms with Gasteiger partial charge in [0.15, 0.2) is 5.69 Å². The van der Waals surface area contributed by atoms with Crippen molar-refractivity contribution in [2.24, 2.45) is 4.99 Å². The number of benzene rings is 1. The predicted molar refractivity (Wildman–Crippen MR) is 88.3 cm³/mol. The molecule has 0 aliphatic rings. The summed E-state index contributed by atoms with van der Waals surface area (Å²) in [6, 6.07) is 9.13. The van der Waals surface area contributed by atoms with Crippen molar-refractivity contribution in [3.05, 3.63) is 47.7 Å². The van der Waals surface area contributed by atoms with Gasteiger partial charge in [-0.3, -0.25) is 9.89 Å². The summed E-state index contributed by atoms with van der Waals surface area (Å²) in [4.78, 5) is 16.1. The number of rotatable bonds is 2. The fourth-order valence-corrected chi connectivity index (χ4v) is 1.85. The van der Waals surface area contributed by atoms with E-state index in [-0.39, 0.29) is 11.8 Å². The van der Waals surface area contributed by atoms with E-state index in [0.29, 0.717) is 5.56 Å². The molecule has 0 bridgehead atoms. The van der Waals surface area contributed by atoms with Crippen molar-refractivity contribution >= 4 is 17.7 Å². The van der Waals surface area contributed by atoms with Gasteiger partial charge in [-0.15, -0.1) is 0 Å². The van der Waals surface area contributed by atoms with Crippen molar-refractivity contribution in [1.29, 1.82) is 0 Å². The molecule has 9 heteroatoms. The molecule has 1 heterocycles. The number of anilines is 1. The average Bonchev–Trinajstić information content (AvgIpc) is 2.95. The molecular weight excluding hydrogens is 335 g/mol. The lowest BCUT2D eigenvalue weighted by Crippen LogP contribution is -2.44. The Morgan fingerprint density at radius 1 is 1.16 bits per heavy atom. The molecule has 0 saturated heterocycles. The van der Waals surface area contributed by atoms with E-state index in [4.69, 9.17) is 0 Å². The van der Waals surface area contributed by atoms with Crippen LogP contribution in [0.2, 0.25) is 0 Å². The third kappa shape index (κ3) is 5.63. The molecular formula is C16H18F3N5O. The SMILES string of the molecule is CC(C)(C)N/C(=N/C(=O)c1ccccc1)Nc1cc(C(F)(F)F)n[nH]1. The molecule has 134 valence electrons. The number of hydrogen-bond acceptors (Lipinski definition) is 2. The second kappa shape index (κ2) is 6.96. The summed E-state index contributed by atoms with van der Waals surface area (Å²) in [6.45, 7) is 5.47. The highest BCUT2D eigenvalue weighted by atomic mass is 19.4. The van der Waals surface area contributed by atoms with Gasteiger partial charge >= 0.3 is 6.18 Å². The first-order chi connectivity index (χ1) is 11.5. The largest absolute Gasteiger partial charge is 0.435 e. The lowest BCUT2D eigenvalue weighted by atomic mass is 10.1. The highest BCUT2D eigenvalue weighted by Crippen LogP contribution is 2.28. The maximum atomic E-state index is 12.6. The van der Waals surface area contributed by atoms with Crippen LogP contribution in [0.15, 0.2) is 41.4 Å². The Morgan fingerprint density at radius 2 is 1.80 bits per heavy atom. The monoisotopic (exact) mass is 353 g/mol. The van der Waals surface area contributed by atoms with E-state index < -0.39 is 23.3 Å². The number of carbonyl (C=O) groups is 1. The normalized spacial score (nSPS) is 12.8. The van der Waals surface area contributed by atoms with Gasteiger partial charge in [-0.2, -0.15) is 23.3 Å². The zero-order chi connectivity index (χ0) is 18.7. The number of guanidine groups is 1. The molecule has 1 amide bonds. The smallest absolute Gasteiger partial charge is 0.351 e. The summed E-state index contributed by atoms with van der Waals surface area (Å²) in [7, 11) is 0. The number of H-pyrrole nitrogens is 1. The molecule has 0 fully saturated rings. The number of aliphatic imine (C=N–C) groups is 1. The highest BCUT2D eigenvalue weighted by Gasteiger charge is 2.34. The van der Waals surface area contributed by atoms with Gasteiger partial charge in [-0.25, -0.2) is 0 Å². The van der Waals surface area contributed by atoms with Crippen LogP contribution in [0, 0.1) is 0 Å². The van der Waals surface area contributed by atoms with Crippen molar-refractivity contribution in [2.75, 3.05) is 5.32 Å². The Bertz CT molecular complexity index is 760. The first-order valence-corrected chi connectivity index (χ1v) is 7.40. The average molecular weight is 353 g/mol. The number of aromatic nitrogens is 2. The summed E-state index contributed by atoms with van der Waals surface area (Å²) in [5.41, 5.74) is -1.19. The Labute approximate surface area is 142 Å². The molecule has 0 aliphatic heterocycles. The zero-order valence-electron chi connectivity index (χ0n) is 13.9. The zero-order valence-corrected chi connectivity index (χ0v) is 13.9. The van der Waals surface area contributed by atoms with E-state index >= 15 is 0 Å². The maximum Gasteiger partial charge on any atom is 0.435 e. The second-order valence-corrected chi connectivity index (χ2v) is 6.30. The van der Waals surface area contributed by atoms with Gasteiger partial charge in [0.05, 0.1) is 0 Å². The lowest BCUT2D eigenvalue weighted by Gasteiger charge is -2.23. The third-order valence-corrected chi connectivity index (χ3v) is 2.85. The second-order valence-electron chi connectivity index (χ2n) is 6.30. The first-order valence-electron chi connectivity index (χ1n) is 7.40. The Hall–Kier alpha value is -2.84. The van der Waals surface area contributed by atoms with Gasteiger partial charge in [0.1, 0.15) is 5.82 Å². The molecule has 6 nitrogen and oxygen atoms in total. The van der Waals surface area contributed by atoms with E-state index in [2.05, 4.69) is 25.8 Å². The molecule has 0 spiro atoms. The fraction of sp³-hybridized carbons (Fsp3) is 0.312. The van der Waals surface area contributed by atoms with Crippen molar-refractivity contribution < 1.29 is 18.0 Å². The number of nitrogens with one attached hydrogen (secondary N) is 3. The standard InChI is InChI=1S/C16H18F3N5O/c1-15(2,3)22-14(21-13(25)10-7-5-4-6-8-10)20-12-9-11(23-24-12)16(17,18)19/h4-9H,1-3H3,(H3,20,21,22,23,24,25). The molecule has 2 aromatic rings. The molecule has 0 unspecified atom stereocenters. The van der Waals surface area contributed by atoms with Crippen molar-refractivity contribution in [2.45, 2.75) is 32.5 Å². The number of halogens is 3. The Balaban J connectivity index is 2.25. The van der Waals surface area contributed by atoms with Crippen molar-refractivity contribution in [3.8, 4) is 0 Å². The van der Waals surface area contributed by atoms with E-state index in [9.17, 15) is 18.0 Å². The molecule has 3 N–H and O–H groups in total. The van der Waals surface area contributed by atoms with Crippen LogP contribution in [0.4, 0.5) is 19.0 Å². The predicted octanol–water partition coefficient (Wildman–Crippen LogP) is 3.42. The Morgan fingerprint density at radius 3 is 2.32 bits per heavy atom. The van der Waals surface area contributed by atoms with Gasteiger partial charge in [0, 0.05) is 17.2 Å². The molecule has 1 aromatic heterocycles. The first kappa shape index (κ1) is 18.5. The van der Waals surface area contributed by atoms with Crippen LogP contribution in [0.3, 0.4) is 0 Å². The third-order valence-electron chi connectivity index (χ3n) is 2.85. The molecule has 0 saturated carbocycles. The van der Waals surface area contributed by atoms with Gasteiger partial charge in [-0.05, 0) is 32.9 Å². The van der Waals surface area contributed by atoms with Crippen LogP contribution < -0.4 is 10.6 Å². The number of nitrogens with zero attached hydrogens (tertiary/aromatic N) is 2. The number of carbonyl (C=O) groups excluding carboxylic acids is 1. The number of amides is 1. The number of hydrogen-bond donors (Lipinski definition) is 3. The minimum atomic E-state index is -4.56. The molecule has 0 radical (unpaired) electrons. The van der Waals surface area contributed by atoms with Gasteiger partial charge in [-0.1, -0.05) is 18.2 Å². The van der Waals surface area contributed by atoms with Crippen LogP contribution >= 0.6 is 0 Å². The topological polar surface area (TPSA) is 82.2 Å². The van der Waals surface area contributed by atoms with Crippen molar-refractivity contribution in [3.63, 3.8) is 0 Å². The van der Waals surface area contributed by atoms with E-state index in [1.165, 1.54) is 0 Å². The molecule has 1 aromatic carbocycles. The summed E-state index contributed by atoms with van der Waals surface area (Å²) >= 11 is 0. The fourth-order valence-electron chi connectivity index (χ4n) is 1.85. The maximum absolute atomic E-state index is 12.6. The molecule has 25 heavy (non-hydrogen) atoms.